The minimum Gasteiger partial charge on any atom is -0.481 e. The third-order valence-electron chi connectivity index (χ3n) is 3.72. The molecule has 0 radical (unpaired) electrons. The largest absolute Gasteiger partial charge is 0.481 e. The van der Waals surface area contributed by atoms with E-state index in [9.17, 15) is 9.59 Å². The molecule has 2 rings (SSSR count). The number of nitrogens with zero attached hydrogens (tertiary/aromatic N) is 1. The Bertz CT molecular complexity index is 475. The predicted octanol–water partition coefficient (Wildman–Crippen LogP) is 1.40. The molecule has 1 aliphatic heterocycles. The molecule has 1 heterocycles. The summed E-state index contributed by atoms with van der Waals surface area (Å²) in [4.78, 5) is 24.9. The van der Waals surface area contributed by atoms with Crippen LogP contribution < -0.4 is 5.73 Å². The van der Waals surface area contributed by atoms with Gasteiger partial charge < -0.3 is 15.7 Å². The van der Waals surface area contributed by atoms with E-state index in [0.29, 0.717) is 13.1 Å². The first-order valence-electron chi connectivity index (χ1n) is 6.89. The smallest absolute Gasteiger partial charge is 0.303 e. The Morgan fingerprint density at radius 3 is 2.70 bits per heavy atom. The number of benzene rings is 1. The van der Waals surface area contributed by atoms with Crippen molar-refractivity contribution in [2.24, 2.45) is 11.7 Å². The second-order valence-corrected chi connectivity index (χ2v) is 5.28. The van der Waals surface area contributed by atoms with Crippen molar-refractivity contribution in [3.05, 3.63) is 35.9 Å². The zero-order valence-corrected chi connectivity index (χ0v) is 11.4. The summed E-state index contributed by atoms with van der Waals surface area (Å²) in [6, 6.07) is 8.59. The summed E-state index contributed by atoms with van der Waals surface area (Å²) >= 11 is 0. The number of carboxylic acid groups (broad SMARTS) is 1. The highest BCUT2D eigenvalue weighted by Crippen LogP contribution is 2.22. The quantitative estimate of drug-likeness (QED) is 0.870. The molecule has 20 heavy (non-hydrogen) atoms. The average molecular weight is 276 g/mol. The minimum atomic E-state index is -0.809. The summed E-state index contributed by atoms with van der Waals surface area (Å²) in [5, 5.41) is 8.85. The van der Waals surface area contributed by atoms with Gasteiger partial charge in [0.05, 0.1) is 0 Å². The Morgan fingerprint density at radius 2 is 2.05 bits per heavy atom. The molecular weight excluding hydrogens is 256 g/mol. The summed E-state index contributed by atoms with van der Waals surface area (Å²) in [6.07, 6.45) is 1.81. The molecule has 1 unspecified atom stereocenters. The zero-order chi connectivity index (χ0) is 14.5. The number of carbonyl (C=O) groups excluding carboxylic acids is 1. The first-order valence-corrected chi connectivity index (χ1v) is 6.89. The maximum Gasteiger partial charge on any atom is 0.303 e. The first-order chi connectivity index (χ1) is 9.58. The van der Waals surface area contributed by atoms with Gasteiger partial charge >= 0.3 is 5.97 Å². The van der Waals surface area contributed by atoms with Crippen LogP contribution in [0.3, 0.4) is 0 Å². The van der Waals surface area contributed by atoms with Gasteiger partial charge in [0.2, 0.25) is 5.91 Å². The third kappa shape index (κ3) is 3.57. The number of likely N-dealkylation sites (tertiary alicyclic amines) is 1. The molecule has 1 amide bonds. The van der Waals surface area contributed by atoms with E-state index >= 15 is 0 Å². The van der Waals surface area contributed by atoms with Crippen LogP contribution in [0.15, 0.2) is 30.3 Å². The van der Waals surface area contributed by atoms with Gasteiger partial charge in [-0.25, -0.2) is 0 Å². The van der Waals surface area contributed by atoms with Crippen LogP contribution in [-0.2, 0) is 9.59 Å². The molecule has 1 saturated heterocycles. The van der Waals surface area contributed by atoms with Crippen LogP contribution in [-0.4, -0.2) is 35.0 Å². The maximum atomic E-state index is 12.4. The van der Waals surface area contributed by atoms with E-state index in [1.54, 1.807) is 4.90 Å². The van der Waals surface area contributed by atoms with Crippen molar-refractivity contribution in [2.45, 2.75) is 25.3 Å². The van der Waals surface area contributed by atoms with Gasteiger partial charge in [-0.3, -0.25) is 9.59 Å². The van der Waals surface area contributed by atoms with Crippen molar-refractivity contribution in [3.8, 4) is 0 Å². The fourth-order valence-corrected chi connectivity index (χ4v) is 2.68. The van der Waals surface area contributed by atoms with E-state index in [1.165, 1.54) is 0 Å². The van der Waals surface area contributed by atoms with Gasteiger partial charge in [-0.1, -0.05) is 30.3 Å². The molecule has 5 nitrogen and oxygen atoms in total. The number of carbonyl (C=O) groups is 2. The van der Waals surface area contributed by atoms with Crippen molar-refractivity contribution in [1.82, 2.24) is 4.90 Å². The lowest BCUT2D eigenvalue weighted by atomic mass is 9.94. The highest BCUT2D eigenvalue weighted by Gasteiger charge is 2.28. The topological polar surface area (TPSA) is 83.6 Å². The molecule has 0 spiro atoms. The monoisotopic (exact) mass is 276 g/mol. The van der Waals surface area contributed by atoms with E-state index in [0.717, 1.165) is 18.4 Å². The molecule has 0 aliphatic carbocycles. The number of rotatable bonds is 4. The number of hydrogen-bond acceptors (Lipinski definition) is 3. The lowest BCUT2D eigenvalue weighted by molar-refractivity contribution is -0.141. The SMILES string of the molecule is N[C@@H](C(=O)N1CCCC(CC(=O)O)C1)c1ccccc1. The molecule has 1 aliphatic rings. The van der Waals surface area contributed by atoms with Crippen molar-refractivity contribution in [3.63, 3.8) is 0 Å². The molecule has 1 aromatic carbocycles. The van der Waals surface area contributed by atoms with Crippen LogP contribution in [0.2, 0.25) is 0 Å². The second kappa shape index (κ2) is 6.52. The molecule has 1 fully saturated rings. The van der Waals surface area contributed by atoms with Crippen molar-refractivity contribution >= 4 is 11.9 Å². The van der Waals surface area contributed by atoms with Crippen LogP contribution in [0.1, 0.15) is 30.9 Å². The second-order valence-electron chi connectivity index (χ2n) is 5.28. The fraction of sp³-hybridized carbons (Fsp3) is 0.467. The Labute approximate surface area is 118 Å². The standard InChI is InChI=1S/C15H20N2O3/c16-14(12-6-2-1-3-7-12)15(20)17-8-4-5-11(10-17)9-13(18)19/h1-3,6-7,11,14H,4-5,8-10,16H2,(H,18,19)/t11?,14-/m1/s1. The summed E-state index contributed by atoms with van der Waals surface area (Å²) in [7, 11) is 0. The van der Waals surface area contributed by atoms with Crippen LogP contribution in [0.25, 0.3) is 0 Å². The van der Waals surface area contributed by atoms with Gasteiger partial charge in [-0.05, 0) is 24.3 Å². The summed E-state index contributed by atoms with van der Waals surface area (Å²) < 4.78 is 0. The number of carboxylic acids is 1. The van der Waals surface area contributed by atoms with Crippen LogP contribution in [0, 0.1) is 5.92 Å². The van der Waals surface area contributed by atoms with Gasteiger partial charge in [-0.2, -0.15) is 0 Å². The third-order valence-corrected chi connectivity index (χ3v) is 3.72. The predicted molar refractivity (Wildman–Crippen MR) is 74.9 cm³/mol. The molecule has 0 bridgehead atoms. The molecule has 1 aromatic rings. The van der Waals surface area contributed by atoms with E-state index in [4.69, 9.17) is 10.8 Å². The summed E-state index contributed by atoms with van der Waals surface area (Å²) in [5.74, 6) is -0.892. The van der Waals surface area contributed by atoms with E-state index in [1.807, 2.05) is 30.3 Å². The maximum absolute atomic E-state index is 12.4. The molecule has 3 N–H and O–H groups in total. The first kappa shape index (κ1) is 14.5. The van der Waals surface area contributed by atoms with E-state index < -0.39 is 12.0 Å². The Kier molecular flexibility index (Phi) is 4.74. The fourth-order valence-electron chi connectivity index (χ4n) is 2.68. The summed E-state index contributed by atoms with van der Waals surface area (Å²) in [5.41, 5.74) is 6.80. The van der Waals surface area contributed by atoms with E-state index in [2.05, 4.69) is 0 Å². The molecule has 0 saturated carbocycles. The van der Waals surface area contributed by atoms with E-state index in [-0.39, 0.29) is 18.2 Å². The van der Waals surface area contributed by atoms with Crippen LogP contribution >= 0.6 is 0 Å². The summed E-state index contributed by atoms with van der Waals surface area (Å²) in [6.45, 7) is 1.15. The number of aliphatic carboxylic acids is 1. The normalized spacial score (nSPS) is 20.4. The lowest BCUT2D eigenvalue weighted by Crippen LogP contribution is -2.44. The number of amides is 1. The van der Waals surface area contributed by atoms with Gasteiger partial charge in [-0.15, -0.1) is 0 Å². The average Bonchev–Trinajstić information content (AvgIpc) is 2.46. The Balaban J connectivity index is 1.99. The van der Waals surface area contributed by atoms with Gasteiger partial charge in [0.25, 0.3) is 0 Å². The molecule has 5 heteroatoms. The van der Waals surface area contributed by atoms with Crippen LogP contribution in [0.4, 0.5) is 0 Å². The Hall–Kier alpha value is -1.88. The van der Waals surface area contributed by atoms with Gasteiger partial charge in [0.1, 0.15) is 6.04 Å². The number of nitrogens with two attached hydrogens (primary N) is 1. The lowest BCUT2D eigenvalue weighted by Gasteiger charge is -2.33. The van der Waals surface area contributed by atoms with Crippen molar-refractivity contribution in [1.29, 1.82) is 0 Å². The highest BCUT2D eigenvalue weighted by atomic mass is 16.4. The minimum absolute atomic E-state index is 0.0353. The van der Waals surface area contributed by atoms with Gasteiger partial charge in [0, 0.05) is 19.5 Å². The van der Waals surface area contributed by atoms with Crippen molar-refractivity contribution < 1.29 is 14.7 Å². The number of hydrogen-bond donors (Lipinski definition) is 2. The van der Waals surface area contributed by atoms with Crippen LogP contribution in [0.5, 0.6) is 0 Å². The zero-order valence-electron chi connectivity index (χ0n) is 11.4. The molecule has 108 valence electrons. The highest BCUT2D eigenvalue weighted by molar-refractivity contribution is 5.83. The van der Waals surface area contributed by atoms with Crippen molar-refractivity contribution in [2.75, 3.05) is 13.1 Å². The Morgan fingerprint density at radius 1 is 1.35 bits per heavy atom. The molecule has 0 aromatic heterocycles. The molecular formula is C15H20N2O3. The van der Waals surface area contributed by atoms with Gasteiger partial charge in [0.15, 0.2) is 0 Å². The molecule has 2 atom stereocenters. The number of piperidine rings is 1.